The van der Waals surface area contributed by atoms with Crippen LogP contribution in [0.1, 0.15) is 17.8 Å². The minimum atomic E-state index is 0.148. The van der Waals surface area contributed by atoms with E-state index in [9.17, 15) is 0 Å². The molecule has 0 aromatic carbocycles. The van der Waals surface area contributed by atoms with Crippen LogP contribution in [-0.2, 0) is 7.05 Å². The zero-order valence-corrected chi connectivity index (χ0v) is 10.6. The second-order valence-corrected chi connectivity index (χ2v) is 5.36. The van der Waals surface area contributed by atoms with Gasteiger partial charge in [-0.25, -0.2) is 0 Å². The van der Waals surface area contributed by atoms with Crippen molar-refractivity contribution in [2.75, 3.05) is 11.1 Å². The van der Waals surface area contributed by atoms with Crippen LogP contribution in [0.2, 0.25) is 4.34 Å². The number of nitrogens with two attached hydrogens (primary N) is 1. The van der Waals surface area contributed by atoms with E-state index in [-0.39, 0.29) is 6.04 Å². The quantitative estimate of drug-likeness (QED) is 0.888. The summed E-state index contributed by atoms with van der Waals surface area (Å²) >= 11 is 7.44. The molecule has 0 radical (unpaired) electrons. The maximum Gasteiger partial charge on any atom is 0.171 e. The summed E-state index contributed by atoms with van der Waals surface area (Å²) in [7, 11) is 1.84. The van der Waals surface area contributed by atoms with Crippen molar-refractivity contribution in [2.45, 2.75) is 13.0 Å². The van der Waals surface area contributed by atoms with Crippen LogP contribution in [0, 0.1) is 0 Å². The van der Waals surface area contributed by atoms with Crippen molar-refractivity contribution < 1.29 is 0 Å². The second kappa shape index (κ2) is 4.35. The largest absolute Gasteiger partial charge is 0.394 e. The van der Waals surface area contributed by atoms with Crippen molar-refractivity contribution in [3.05, 3.63) is 27.5 Å². The number of thiophene rings is 1. The summed E-state index contributed by atoms with van der Waals surface area (Å²) in [5.74, 6) is 0.708. The van der Waals surface area contributed by atoms with Gasteiger partial charge < -0.3 is 11.1 Å². The van der Waals surface area contributed by atoms with E-state index in [1.54, 1.807) is 22.2 Å². The van der Waals surface area contributed by atoms with Gasteiger partial charge in [0.05, 0.1) is 16.1 Å². The number of rotatable bonds is 3. The molecule has 0 saturated carbocycles. The molecule has 1 atom stereocenters. The Labute approximate surface area is 103 Å². The molecule has 0 aliphatic rings. The molecule has 16 heavy (non-hydrogen) atoms. The molecule has 4 nitrogen and oxygen atoms in total. The smallest absolute Gasteiger partial charge is 0.171 e. The van der Waals surface area contributed by atoms with Gasteiger partial charge in [0, 0.05) is 18.1 Å². The predicted molar refractivity (Wildman–Crippen MR) is 69.0 cm³/mol. The SMILES string of the molecule is CC(Nc1nn(C)cc1N)c1ccc(Cl)s1. The van der Waals surface area contributed by atoms with Gasteiger partial charge in [-0.05, 0) is 19.1 Å². The summed E-state index contributed by atoms with van der Waals surface area (Å²) in [6.07, 6.45) is 1.77. The third-order valence-electron chi connectivity index (χ3n) is 2.23. The molecule has 2 aromatic heterocycles. The van der Waals surface area contributed by atoms with Gasteiger partial charge in [-0.3, -0.25) is 4.68 Å². The fraction of sp³-hybridized carbons (Fsp3) is 0.300. The number of nitrogens with zero attached hydrogens (tertiary/aromatic N) is 2. The molecule has 0 bridgehead atoms. The number of aromatic nitrogens is 2. The van der Waals surface area contributed by atoms with Gasteiger partial charge >= 0.3 is 0 Å². The number of anilines is 2. The Bertz CT molecular complexity index is 491. The summed E-state index contributed by atoms with van der Waals surface area (Å²) in [6.45, 7) is 2.05. The molecule has 2 rings (SSSR count). The molecule has 2 heterocycles. The summed E-state index contributed by atoms with van der Waals surface area (Å²) in [5.41, 5.74) is 6.45. The second-order valence-electron chi connectivity index (χ2n) is 3.61. The van der Waals surface area contributed by atoms with Crippen LogP contribution >= 0.6 is 22.9 Å². The lowest BCUT2D eigenvalue weighted by atomic mass is 10.3. The van der Waals surface area contributed by atoms with Crippen molar-refractivity contribution >= 4 is 34.4 Å². The first kappa shape index (κ1) is 11.3. The first-order chi connectivity index (χ1) is 7.56. The molecular formula is C10H13ClN4S. The van der Waals surface area contributed by atoms with Crippen molar-refractivity contribution in [1.82, 2.24) is 9.78 Å². The summed E-state index contributed by atoms with van der Waals surface area (Å²) in [4.78, 5) is 1.16. The topological polar surface area (TPSA) is 55.9 Å². The van der Waals surface area contributed by atoms with E-state index in [0.717, 1.165) is 9.21 Å². The van der Waals surface area contributed by atoms with Gasteiger partial charge in [-0.1, -0.05) is 11.6 Å². The molecule has 0 fully saturated rings. The molecule has 1 unspecified atom stereocenters. The Hall–Kier alpha value is -1.20. The van der Waals surface area contributed by atoms with Crippen LogP contribution in [0.15, 0.2) is 18.3 Å². The maximum absolute atomic E-state index is 5.89. The zero-order valence-electron chi connectivity index (χ0n) is 9.07. The number of hydrogen-bond donors (Lipinski definition) is 2. The zero-order chi connectivity index (χ0) is 11.7. The Kier molecular flexibility index (Phi) is 3.07. The molecule has 0 aliphatic carbocycles. The standard InChI is InChI=1S/C10H13ClN4S/c1-6(8-3-4-9(11)16-8)13-10-7(12)5-15(2)14-10/h3-6H,12H2,1-2H3,(H,13,14). The van der Waals surface area contributed by atoms with Gasteiger partial charge in [0.15, 0.2) is 5.82 Å². The van der Waals surface area contributed by atoms with Gasteiger partial charge in [-0.2, -0.15) is 5.10 Å². The number of nitrogen functional groups attached to an aromatic ring is 1. The molecule has 0 aliphatic heterocycles. The number of halogens is 1. The molecule has 3 N–H and O–H groups in total. The van der Waals surface area contributed by atoms with Crippen molar-refractivity contribution in [2.24, 2.45) is 7.05 Å². The summed E-state index contributed by atoms with van der Waals surface area (Å²) in [6, 6.07) is 4.04. The summed E-state index contributed by atoms with van der Waals surface area (Å²) in [5, 5.41) is 7.49. The Morgan fingerprint density at radius 2 is 2.31 bits per heavy atom. The van der Waals surface area contributed by atoms with E-state index in [2.05, 4.69) is 17.3 Å². The van der Waals surface area contributed by atoms with E-state index >= 15 is 0 Å². The number of nitrogens with one attached hydrogen (secondary N) is 1. The van der Waals surface area contributed by atoms with Crippen LogP contribution in [-0.4, -0.2) is 9.78 Å². The average Bonchev–Trinajstić information content (AvgIpc) is 2.74. The fourth-order valence-corrected chi connectivity index (χ4v) is 2.52. The summed E-state index contributed by atoms with van der Waals surface area (Å²) < 4.78 is 2.48. The third kappa shape index (κ3) is 2.31. The highest BCUT2D eigenvalue weighted by atomic mass is 35.5. The lowest BCUT2D eigenvalue weighted by Crippen LogP contribution is -2.07. The van der Waals surface area contributed by atoms with Crippen LogP contribution in [0.25, 0.3) is 0 Å². The van der Waals surface area contributed by atoms with Crippen molar-refractivity contribution in [1.29, 1.82) is 0 Å². The molecule has 6 heteroatoms. The molecular weight excluding hydrogens is 244 g/mol. The normalized spacial score (nSPS) is 12.7. The first-order valence-corrected chi connectivity index (χ1v) is 6.06. The molecule has 0 saturated heterocycles. The van der Waals surface area contributed by atoms with E-state index in [0.29, 0.717) is 11.5 Å². The van der Waals surface area contributed by atoms with E-state index in [1.807, 2.05) is 19.2 Å². The lowest BCUT2D eigenvalue weighted by Gasteiger charge is -2.11. The van der Waals surface area contributed by atoms with Gasteiger partial charge in [0.1, 0.15) is 0 Å². The van der Waals surface area contributed by atoms with Crippen LogP contribution in [0.3, 0.4) is 0 Å². The molecule has 2 aromatic rings. The van der Waals surface area contributed by atoms with E-state index in [1.165, 1.54) is 0 Å². The Balaban J connectivity index is 2.13. The van der Waals surface area contributed by atoms with E-state index in [4.69, 9.17) is 17.3 Å². The predicted octanol–water partition coefficient (Wildman–Crippen LogP) is 2.89. The number of aryl methyl sites for hydroxylation is 1. The highest BCUT2D eigenvalue weighted by Crippen LogP contribution is 2.29. The molecule has 0 spiro atoms. The van der Waals surface area contributed by atoms with Gasteiger partial charge in [-0.15, -0.1) is 11.3 Å². The van der Waals surface area contributed by atoms with Crippen LogP contribution in [0.4, 0.5) is 11.5 Å². The highest BCUT2D eigenvalue weighted by molar-refractivity contribution is 7.16. The third-order valence-corrected chi connectivity index (χ3v) is 3.64. The molecule has 0 amide bonds. The monoisotopic (exact) mass is 256 g/mol. The lowest BCUT2D eigenvalue weighted by molar-refractivity contribution is 0.762. The van der Waals surface area contributed by atoms with E-state index < -0.39 is 0 Å². The van der Waals surface area contributed by atoms with Crippen molar-refractivity contribution in [3.8, 4) is 0 Å². The Morgan fingerprint density at radius 1 is 1.56 bits per heavy atom. The van der Waals surface area contributed by atoms with Gasteiger partial charge in [0.25, 0.3) is 0 Å². The van der Waals surface area contributed by atoms with Crippen LogP contribution in [0.5, 0.6) is 0 Å². The number of hydrogen-bond acceptors (Lipinski definition) is 4. The maximum atomic E-state index is 5.89. The fourth-order valence-electron chi connectivity index (χ4n) is 1.46. The minimum Gasteiger partial charge on any atom is -0.394 e. The Morgan fingerprint density at radius 3 is 2.81 bits per heavy atom. The van der Waals surface area contributed by atoms with Crippen LogP contribution < -0.4 is 11.1 Å². The average molecular weight is 257 g/mol. The van der Waals surface area contributed by atoms with Gasteiger partial charge in [0.2, 0.25) is 0 Å². The molecule has 86 valence electrons. The van der Waals surface area contributed by atoms with Crippen molar-refractivity contribution in [3.63, 3.8) is 0 Å². The minimum absolute atomic E-state index is 0.148. The highest BCUT2D eigenvalue weighted by Gasteiger charge is 2.11. The first-order valence-electron chi connectivity index (χ1n) is 4.87.